The highest BCUT2D eigenvalue weighted by Crippen LogP contribution is 2.29. The number of hydrogen-bond acceptors (Lipinski definition) is 4. The van der Waals surface area contributed by atoms with Crippen LogP contribution in [0.1, 0.15) is 23.4 Å². The lowest BCUT2D eigenvalue weighted by molar-refractivity contribution is 0.0882. The number of piperidine rings is 1. The van der Waals surface area contributed by atoms with Gasteiger partial charge < -0.3 is 20.4 Å². The van der Waals surface area contributed by atoms with Crippen molar-refractivity contribution in [3.05, 3.63) is 42.2 Å². The molecule has 0 aliphatic carbocycles. The molecule has 3 atom stereocenters. The van der Waals surface area contributed by atoms with Gasteiger partial charge in [0.15, 0.2) is 5.76 Å². The second-order valence-electron chi connectivity index (χ2n) is 6.57. The van der Waals surface area contributed by atoms with Gasteiger partial charge in [0.25, 0.3) is 5.91 Å². The van der Waals surface area contributed by atoms with Crippen LogP contribution < -0.4 is 11.1 Å². The number of para-hydroxylation sites is 1. The Morgan fingerprint density at radius 3 is 2.91 bits per heavy atom. The monoisotopic (exact) mass is 311 g/mol. The van der Waals surface area contributed by atoms with E-state index >= 15 is 0 Å². The van der Waals surface area contributed by atoms with Crippen LogP contribution in [0.25, 0.3) is 11.3 Å². The van der Waals surface area contributed by atoms with Gasteiger partial charge in [0.2, 0.25) is 0 Å². The molecule has 0 spiro atoms. The second-order valence-corrected chi connectivity index (χ2v) is 6.57. The molecule has 1 amide bonds. The predicted molar refractivity (Wildman–Crippen MR) is 89.0 cm³/mol. The van der Waals surface area contributed by atoms with Gasteiger partial charge in [0.1, 0.15) is 5.76 Å². The fourth-order valence-corrected chi connectivity index (χ4v) is 3.75. The smallest absolute Gasteiger partial charge is 0.287 e. The number of benzene rings is 1. The molecule has 5 heteroatoms. The first-order valence-electron chi connectivity index (χ1n) is 8.17. The summed E-state index contributed by atoms with van der Waals surface area (Å²) >= 11 is 0. The Balaban J connectivity index is 1.46. The maximum absolute atomic E-state index is 12.4. The summed E-state index contributed by atoms with van der Waals surface area (Å²) in [4.78, 5) is 14.8. The van der Waals surface area contributed by atoms with Crippen LogP contribution in [0.3, 0.4) is 0 Å². The molecule has 4 rings (SSSR count). The minimum absolute atomic E-state index is 0.141. The Kier molecular flexibility index (Phi) is 3.58. The molecular formula is C18H21N3O2. The zero-order chi connectivity index (χ0) is 15.8. The number of carbonyl (C=O) groups excluding carboxylic acids is 1. The van der Waals surface area contributed by atoms with E-state index in [4.69, 9.17) is 10.2 Å². The summed E-state index contributed by atoms with van der Waals surface area (Å²) in [5, 5.41) is 3.11. The molecule has 2 saturated heterocycles. The van der Waals surface area contributed by atoms with E-state index in [2.05, 4.69) is 10.2 Å². The summed E-state index contributed by atoms with van der Waals surface area (Å²) in [5.74, 6) is 1.56. The number of fused-ring (bicyclic) bond motifs is 2. The van der Waals surface area contributed by atoms with Crippen LogP contribution in [0.15, 0.2) is 40.8 Å². The average molecular weight is 311 g/mol. The molecule has 23 heavy (non-hydrogen) atoms. The molecule has 0 saturated carbocycles. The van der Waals surface area contributed by atoms with Crippen molar-refractivity contribution in [2.24, 2.45) is 5.92 Å². The van der Waals surface area contributed by atoms with Crippen LogP contribution in [0, 0.1) is 5.92 Å². The standard InChI is InChI=1S/C18H21N3O2/c19-15-4-2-1-3-14(15)16-5-6-17(23-16)18(22)20-13-9-12-7-8-21(10-12)11-13/h1-6,12-13H,7-11,19H2,(H,20,22)/t12-,13-/m1/s1. The van der Waals surface area contributed by atoms with E-state index in [0.29, 0.717) is 17.2 Å². The van der Waals surface area contributed by atoms with E-state index < -0.39 is 0 Å². The third kappa shape index (κ3) is 2.84. The third-order valence-electron chi connectivity index (χ3n) is 4.86. The molecule has 1 aromatic carbocycles. The number of nitrogens with two attached hydrogens (primary N) is 1. The molecule has 120 valence electrons. The molecule has 2 fully saturated rings. The molecule has 2 aliphatic rings. The van der Waals surface area contributed by atoms with Crippen molar-refractivity contribution >= 4 is 11.6 Å². The van der Waals surface area contributed by atoms with Gasteiger partial charge in [0.05, 0.1) is 0 Å². The first-order chi connectivity index (χ1) is 11.2. The van der Waals surface area contributed by atoms with Crippen molar-refractivity contribution < 1.29 is 9.21 Å². The van der Waals surface area contributed by atoms with E-state index in [1.807, 2.05) is 24.3 Å². The zero-order valence-corrected chi connectivity index (χ0v) is 13.0. The zero-order valence-electron chi connectivity index (χ0n) is 13.0. The predicted octanol–water partition coefficient (Wildman–Crippen LogP) is 2.35. The van der Waals surface area contributed by atoms with Crippen molar-refractivity contribution in [2.75, 3.05) is 25.4 Å². The number of amides is 1. The Morgan fingerprint density at radius 2 is 2.09 bits per heavy atom. The number of carbonyl (C=O) groups is 1. The lowest BCUT2D eigenvalue weighted by atomic mass is 9.97. The van der Waals surface area contributed by atoms with Gasteiger partial charge in [-0.3, -0.25) is 4.79 Å². The minimum atomic E-state index is -0.141. The molecular weight excluding hydrogens is 290 g/mol. The van der Waals surface area contributed by atoms with Gasteiger partial charge in [0, 0.05) is 30.4 Å². The Morgan fingerprint density at radius 1 is 1.22 bits per heavy atom. The first-order valence-corrected chi connectivity index (χ1v) is 8.17. The third-order valence-corrected chi connectivity index (χ3v) is 4.86. The van der Waals surface area contributed by atoms with Crippen LogP contribution >= 0.6 is 0 Å². The van der Waals surface area contributed by atoms with Crippen LogP contribution in [0.4, 0.5) is 5.69 Å². The number of nitrogens with zero attached hydrogens (tertiary/aromatic N) is 1. The molecule has 2 aliphatic heterocycles. The van der Waals surface area contributed by atoms with Gasteiger partial charge in [-0.2, -0.15) is 0 Å². The highest BCUT2D eigenvalue weighted by molar-refractivity contribution is 5.92. The van der Waals surface area contributed by atoms with E-state index in [-0.39, 0.29) is 11.9 Å². The van der Waals surface area contributed by atoms with E-state index in [9.17, 15) is 4.79 Å². The summed E-state index contributed by atoms with van der Waals surface area (Å²) < 4.78 is 5.72. The van der Waals surface area contributed by atoms with Gasteiger partial charge >= 0.3 is 0 Å². The number of rotatable bonds is 3. The van der Waals surface area contributed by atoms with E-state index in [0.717, 1.165) is 31.0 Å². The minimum Gasteiger partial charge on any atom is -0.451 e. The largest absolute Gasteiger partial charge is 0.451 e. The Bertz CT molecular complexity index is 713. The molecule has 2 bridgehead atoms. The second kappa shape index (κ2) is 5.74. The van der Waals surface area contributed by atoms with Crippen LogP contribution in [-0.2, 0) is 0 Å². The molecule has 3 heterocycles. The Hall–Kier alpha value is -2.27. The van der Waals surface area contributed by atoms with Crippen LogP contribution in [-0.4, -0.2) is 36.5 Å². The summed E-state index contributed by atoms with van der Waals surface area (Å²) in [6, 6.07) is 11.2. The van der Waals surface area contributed by atoms with Crippen molar-refractivity contribution in [2.45, 2.75) is 18.9 Å². The number of hydrogen-bond donors (Lipinski definition) is 2. The topological polar surface area (TPSA) is 71.5 Å². The van der Waals surface area contributed by atoms with Crippen LogP contribution in [0.5, 0.6) is 0 Å². The van der Waals surface area contributed by atoms with E-state index in [1.165, 1.54) is 13.0 Å². The van der Waals surface area contributed by atoms with Crippen molar-refractivity contribution in [3.63, 3.8) is 0 Å². The molecule has 1 aromatic heterocycles. The maximum Gasteiger partial charge on any atom is 0.287 e. The fourth-order valence-electron chi connectivity index (χ4n) is 3.75. The quantitative estimate of drug-likeness (QED) is 0.854. The lowest BCUT2D eigenvalue weighted by Gasteiger charge is -2.30. The number of nitrogen functional groups attached to an aromatic ring is 1. The lowest BCUT2D eigenvalue weighted by Crippen LogP contribution is -2.46. The summed E-state index contributed by atoms with van der Waals surface area (Å²) in [7, 11) is 0. The number of nitrogens with one attached hydrogen (secondary N) is 1. The first kappa shape index (κ1) is 14.3. The van der Waals surface area contributed by atoms with Crippen molar-refractivity contribution in [3.8, 4) is 11.3 Å². The van der Waals surface area contributed by atoms with Crippen molar-refractivity contribution in [1.29, 1.82) is 0 Å². The summed E-state index contributed by atoms with van der Waals surface area (Å²) in [5.41, 5.74) is 7.42. The van der Waals surface area contributed by atoms with Gasteiger partial charge in [-0.15, -0.1) is 0 Å². The number of furan rings is 1. The molecule has 2 aromatic rings. The molecule has 0 radical (unpaired) electrons. The summed E-state index contributed by atoms with van der Waals surface area (Å²) in [6.07, 6.45) is 2.33. The molecule has 1 unspecified atom stereocenters. The van der Waals surface area contributed by atoms with E-state index in [1.54, 1.807) is 12.1 Å². The highest BCUT2D eigenvalue weighted by atomic mass is 16.3. The van der Waals surface area contributed by atoms with Crippen molar-refractivity contribution in [1.82, 2.24) is 10.2 Å². The van der Waals surface area contributed by atoms with Gasteiger partial charge in [-0.1, -0.05) is 12.1 Å². The van der Waals surface area contributed by atoms with Crippen LogP contribution in [0.2, 0.25) is 0 Å². The Labute approximate surface area is 135 Å². The summed E-state index contributed by atoms with van der Waals surface area (Å²) in [6.45, 7) is 3.29. The fraction of sp³-hybridized carbons (Fsp3) is 0.389. The highest BCUT2D eigenvalue weighted by Gasteiger charge is 2.33. The van der Waals surface area contributed by atoms with Gasteiger partial charge in [-0.05, 0) is 49.6 Å². The van der Waals surface area contributed by atoms with Gasteiger partial charge in [-0.25, -0.2) is 0 Å². The number of anilines is 1. The molecule has 5 nitrogen and oxygen atoms in total. The SMILES string of the molecule is Nc1ccccc1-c1ccc(C(=O)N[C@@H]2C[C@H]3CCN(C3)C2)o1. The normalized spacial score (nSPS) is 26.2. The maximum atomic E-state index is 12.4. The average Bonchev–Trinajstić information content (AvgIpc) is 3.15. The molecule has 3 N–H and O–H groups in total.